The van der Waals surface area contributed by atoms with Crippen LogP contribution < -0.4 is 5.73 Å². The van der Waals surface area contributed by atoms with Crippen molar-refractivity contribution in [2.75, 3.05) is 13.1 Å². The number of hydrogen-bond acceptors (Lipinski definition) is 3. The van der Waals surface area contributed by atoms with Crippen LogP contribution in [0, 0.1) is 0 Å². The highest BCUT2D eigenvalue weighted by Crippen LogP contribution is 2.14. The summed E-state index contributed by atoms with van der Waals surface area (Å²) in [6, 6.07) is -0.155. The van der Waals surface area contributed by atoms with Gasteiger partial charge in [0.05, 0.1) is 0 Å². The molecule has 0 aromatic rings. The molecule has 4 nitrogen and oxygen atoms in total. The van der Waals surface area contributed by atoms with Crippen molar-refractivity contribution >= 4 is 5.97 Å². The molecular weight excluding hydrogens is 168 g/mol. The molecule has 0 bridgehead atoms. The minimum Gasteiger partial charge on any atom is -0.480 e. The van der Waals surface area contributed by atoms with Crippen molar-refractivity contribution in [3.8, 4) is 0 Å². The lowest BCUT2D eigenvalue weighted by atomic mass is 10.1. The van der Waals surface area contributed by atoms with Gasteiger partial charge in [0, 0.05) is 19.1 Å². The van der Waals surface area contributed by atoms with Gasteiger partial charge in [-0.3, -0.25) is 9.69 Å². The lowest BCUT2D eigenvalue weighted by Gasteiger charge is -2.23. The molecule has 0 saturated carbocycles. The standard InChI is InChI=1S/C9H18N2O2/c1-2-3-8(9(12)13)11-5-4-7(10)6-11/h7-8H,2-6,10H2,1H3,(H,12,13)/t7-,8?/m1/s1. The van der Waals surface area contributed by atoms with E-state index < -0.39 is 5.97 Å². The highest BCUT2D eigenvalue weighted by molar-refractivity contribution is 5.73. The second-order valence-corrected chi connectivity index (χ2v) is 3.69. The van der Waals surface area contributed by atoms with Crippen molar-refractivity contribution in [3.63, 3.8) is 0 Å². The maximum absolute atomic E-state index is 10.9. The van der Waals surface area contributed by atoms with Gasteiger partial charge in [-0.2, -0.15) is 0 Å². The van der Waals surface area contributed by atoms with Gasteiger partial charge in [0.25, 0.3) is 0 Å². The summed E-state index contributed by atoms with van der Waals surface area (Å²) in [5.41, 5.74) is 5.72. The quantitative estimate of drug-likeness (QED) is 0.661. The third-order valence-electron chi connectivity index (χ3n) is 2.54. The molecule has 1 rings (SSSR count). The van der Waals surface area contributed by atoms with Crippen molar-refractivity contribution in [3.05, 3.63) is 0 Å². The Labute approximate surface area is 78.7 Å². The van der Waals surface area contributed by atoms with Crippen molar-refractivity contribution < 1.29 is 9.90 Å². The second kappa shape index (κ2) is 4.58. The van der Waals surface area contributed by atoms with Crippen LogP contribution in [-0.2, 0) is 4.79 Å². The lowest BCUT2D eigenvalue weighted by Crippen LogP contribution is -2.40. The number of nitrogens with two attached hydrogens (primary N) is 1. The molecule has 1 fully saturated rings. The summed E-state index contributed by atoms with van der Waals surface area (Å²) >= 11 is 0. The van der Waals surface area contributed by atoms with E-state index in [4.69, 9.17) is 10.8 Å². The van der Waals surface area contributed by atoms with E-state index in [0.29, 0.717) is 0 Å². The van der Waals surface area contributed by atoms with Gasteiger partial charge in [-0.05, 0) is 12.8 Å². The predicted octanol–water partition coefficient (Wildman–Crippen LogP) is 0.273. The molecule has 1 aliphatic rings. The first-order valence-electron chi connectivity index (χ1n) is 4.87. The Bertz CT molecular complexity index is 184. The third-order valence-corrected chi connectivity index (χ3v) is 2.54. The van der Waals surface area contributed by atoms with Crippen molar-refractivity contribution in [1.82, 2.24) is 4.90 Å². The average Bonchev–Trinajstić information content (AvgIpc) is 2.46. The molecule has 76 valence electrons. The molecule has 1 aliphatic heterocycles. The van der Waals surface area contributed by atoms with E-state index in [-0.39, 0.29) is 12.1 Å². The molecular formula is C9H18N2O2. The van der Waals surface area contributed by atoms with Gasteiger partial charge in [-0.25, -0.2) is 0 Å². The van der Waals surface area contributed by atoms with Crippen molar-refractivity contribution in [2.45, 2.75) is 38.3 Å². The Morgan fingerprint density at radius 1 is 1.77 bits per heavy atom. The van der Waals surface area contributed by atoms with Crippen LogP contribution >= 0.6 is 0 Å². The Kier molecular flexibility index (Phi) is 3.69. The number of carboxylic acid groups (broad SMARTS) is 1. The maximum Gasteiger partial charge on any atom is 0.320 e. The number of carbonyl (C=O) groups is 1. The van der Waals surface area contributed by atoms with Gasteiger partial charge in [0.15, 0.2) is 0 Å². The minimum atomic E-state index is -0.712. The number of likely N-dealkylation sites (tertiary alicyclic amines) is 1. The first kappa shape index (κ1) is 10.5. The van der Waals surface area contributed by atoms with Gasteiger partial charge < -0.3 is 10.8 Å². The van der Waals surface area contributed by atoms with E-state index in [9.17, 15) is 4.79 Å². The topological polar surface area (TPSA) is 66.6 Å². The summed E-state index contributed by atoms with van der Waals surface area (Å²) in [5.74, 6) is -0.712. The van der Waals surface area contributed by atoms with Crippen LogP contribution in [0.1, 0.15) is 26.2 Å². The molecule has 0 spiro atoms. The van der Waals surface area contributed by atoms with E-state index in [1.54, 1.807) is 0 Å². The summed E-state index contributed by atoms with van der Waals surface area (Å²) in [6.07, 6.45) is 2.55. The smallest absolute Gasteiger partial charge is 0.320 e. The van der Waals surface area contributed by atoms with Gasteiger partial charge in [0.1, 0.15) is 6.04 Å². The Morgan fingerprint density at radius 3 is 2.85 bits per heavy atom. The van der Waals surface area contributed by atoms with Crippen molar-refractivity contribution in [2.24, 2.45) is 5.73 Å². The minimum absolute atomic E-state index is 0.165. The third kappa shape index (κ3) is 2.67. The molecule has 3 N–H and O–H groups in total. The van der Waals surface area contributed by atoms with Crippen LogP contribution in [0.5, 0.6) is 0 Å². The fourth-order valence-electron chi connectivity index (χ4n) is 1.83. The van der Waals surface area contributed by atoms with Crippen LogP contribution in [-0.4, -0.2) is 41.1 Å². The molecule has 13 heavy (non-hydrogen) atoms. The Hall–Kier alpha value is -0.610. The summed E-state index contributed by atoms with van der Waals surface area (Å²) in [4.78, 5) is 12.9. The number of hydrogen-bond donors (Lipinski definition) is 2. The summed E-state index contributed by atoms with van der Waals surface area (Å²) < 4.78 is 0. The molecule has 0 amide bonds. The van der Waals surface area contributed by atoms with E-state index in [0.717, 1.165) is 32.4 Å². The highest BCUT2D eigenvalue weighted by atomic mass is 16.4. The van der Waals surface area contributed by atoms with Crippen LogP contribution in [0.2, 0.25) is 0 Å². The monoisotopic (exact) mass is 186 g/mol. The first-order valence-corrected chi connectivity index (χ1v) is 4.87. The van der Waals surface area contributed by atoms with Crippen LogP contribution in [0.4, 0.5) is 0 Å². The highest BCUT2D eigenvalue weighted by Gasteiger charge is 2.29. The molecule has 1 unspecified atom stereocenters. The molecule has 1 heterocycles. The number of rotatable bonds is 4. The Morgan fingerprint density at radius 2 is 2.46 bits per heavy atom. The van der Waals surface area contributed by atoms with Crippen LogP contribution in [0.25, 0.3) is 0 Å². The molecule has 0 aliphatic carbocycles. The lowest BCUT2D eigenvalue weighted by molar-refractivity contribution is -0.143. The largest absolute Gasteiger partial charge is 0.480 e. The first-order chi connectivity index (χ1) is 6.15. The molecule has 2 atom stereocenters. The van der Waals surface area contributed by atoms with Gasteiger partial charge >= 0.3 is 5.97 Å². The SMILES string of the molecule is CCCC(C(=O)O)N1CC[C@@H](N)C1. The zero-order chi connectivity index (χ0) is 9.84. The molecule has 1 saturated heterocycles. The predicted molar refractivity (Wildman–Crippen MR) is 50.5 cm³/mol. The number of aliphatic carboxylic acids is 1. The van der Waals surface area contributed by atoms with Gasteiger partial charge in [-0.15, -0.1) is 0 Å². The number of carboxylic acids is 1. The molecule has 0 aromatic carbocycles. The zero-order valence-electron chi connectivity index (χ0n) is 8.07. The van der Waals surface area contributed by atoms with Crippen LogP contribution in [0.15, 0.2) is 0 Å². The average molecular weight is 186 g/mol. The van der Waals surface area contributed by atoms with Crippen LogP contribution in [0.3, 0.4) is 0 Å². The molecule has 4 heteroatoms. The fourth-order valence-corrected chi connectivity index (χ4v) is 1.83. The van der Waals surface area contributed by atoms with E-state index >= 15 is 0 Å². The molecule has 0 radical (unpaired) electrons. The molecule has 0 aromatic heterocycles. The summed E-state index contributed by atoms with van der Waals surface area (Å²) in [7, 11) is 0. The van der Waals surface area contributed by atoms with Gasteiger partial charge in [0.2, 0.25) is 0 Å². The van der Waals surface area contributed by atoms with Gasteiger partial charge in [-0.1, -0.05) is 13.3 Å². The van der Waals surface area contributed by atoms with E-state index in [1.165, 1.54) is 0 Å². The van der Waals surface area contributed by atoms with E-state index in [1.807, 2.05) is 11.8 Å². The summed E-state index contributed by atoms with van der Waals surface area (Å²) in [5, 5.41) is 8.97. The normalized spacial score (nSPS) is 26.2. The number of nitrogens with zero attached hydrogens (tertiary/aromatic N) is 1. The van der Waals surface area contributed by atoms with E-state index in [2.05, 4.69) is 0 Å². The van der Waals surface area contributed by atoms with Crippen molar-refractivity contribution in [1.29, 1.82) is 0 Å². The fraction of sp³-hybridized carbons (Fsp3) is 0.889. The second-order valence-electron chi connectivity index (χ2n) is 3.69. The Balaban J connectivity index is 2.49. The zero-order valence-corrected chi connectivity index (χ0v) is 8.07. The maximum atomic E-state index is 10.9. The summed E-state index contributed by atoms with van der Waals surface area (Å²) in [6.45, 7) is 3.57.